The van der Waals surface area contributed by atoms with Crippen LogP contribution >= 0.6 is 0 Å². The first-order valence-electron chi connectivity index (χ1n) is 8.02. The number of rotatable bonds is 6. The average molecular weight is 321 g/mol. The molecule has 5 nitrogen and oxygen atoms in total. The van der Waals surface area contributed by atoms with Gasteiger partial charge in [-0.1, -0.05) is 43.3 Å². The van der Waals surface area contributed by atoms with Gasteiger partial charge in [-0.2, -0.15) is 0 Å². The molecule has 0 saturated carbocycles. The second-order valence-corrected chi connectivity index (χ2v) is 5.68. The van der Waals surface area contributed by atoms with Crippen LogP contribution in [0.25, 0.3) is 11.0 Å². The number of H-pyrrole nitrogens is 1. The molecule has 2 aromatic carbocycles. The van der Waals surface area contributed by atoms with Gasteiger partial charge in [-0.25, -0.2) is 4.98 Å². The second kappa shape index (κ2) is 7.08. The molecule has 0 bridgehead atoms. The Kier molecular flexibility index (Phi) is 4.70. The predicted octanol–water partition coefficient (Wildman–Crippen LogP) is 2.86. The van der Waals surface area contributed by atoms with Crippen LogP contribution in [0, 0.1) is 0 Å². The van der Waals surface area contributed by atoms with Crippen LogP contribution in [-0.2, 0) is 11.2 Å². The quantitative estimate of drug-likeness (QED) is 0.541. The highest BCUT2D eigenvalue weighted by atomic mass is 16.2. The van der Waals surface area contributed by atoms with Crippen molar-refractivity contribution < 1.29 is 9.59 Å². The summed E-state index contributed by atoms with van der Waals surface area (Å²) in [5.74, 6) is -1.18. The molecule has 0 atom stereocenters. The summed E-state index contributed by atoms with van der Waals surface area (Å²) in [6.07, 6.45) is 1.58. The molecule has 3 rings (SSSR count). The van der Waals surface area contributed by atoms with E-state index in [1.807, 2.05) is 43.3 Å². The number of aromatic amines is 1. The van der Waals surface area contributed by atoms with Crippen molar-refractivity contribution in [1.82, 2.24) is 15.3 Å². The maximum Gasteiger partial charge on any atom is 0.295 e. The normalized spacial score (nSPS) is 10.7. The highest BCUT2D eigenvalue weighted by molar-refractivity contribution is 6.42. The lowest BCUT2D eigenvalue weighted by Crippen LogP contribution is -2.32. The zero-order valence-corrected chi connectivity index (χ0v) is 13.5. The molecule has 1 heterocycles. The van der Waals surface area contributed by atoms with E-state index in [2.05, 4.69) is 27.4 Å². The van der Waals surface area contributed by atoms with Crippen LogP contribution in [0.2, 0.25) is 0 Å². The Labute approximate surface area is 140 Å². The maximum atomic E-state index is 12.1. The third kappa shape index (κ3) is 3.51. The third-order valence-corrected chi connectivity index (χ3v) is 3.75. The summed E-state index contributed by atoms with van der Waals surface area (Å²) in [6.45, 7) is 2.41. The number of benzene rings is 2. The van der Waals surface area contributed by atoms with Crippen molar-refractivity contribution in [2.24, 2.45) is 0 Å². The number of nitrogens with zero attached hydrogens (tertiary/aromatic N) is 1. The van der Waals surface area contributed by atoms with Crippen LogP contribution in [0.3, 0.4) is 0 Å². The molecule has 0 unspecified atom stereocenters. The summed E-state index contributed by atoms with van der Waals surface area (Å²) in [5, 5.41) is 2.57. The van der Waals surface area contributed by atoms with E-state index >= 15 is 0 Å². The standard InChI is InChI=1S/C19H19N3O2/c1-2-10-20-19(24)17(23)18-21-15-9-8-14(12-16(15)22-18)11-13-6-4-3-5-7-13/h3-9,12H,2,10-11H2,1H3,(H,20,24)(H,21,22). The van der Waals surface area contributed by atoms with Crippen molar-refractivity contribution in [3.05, 3.63) is 65.5 Å². The molecule has 0 aliphatic rings. The number of nitrogens with one attached hydrogen (secondary N) is 2. The maximum absolute atomic E-state index is 12.1. The van der Waals surface area contributed by atoms with Gasteiger partial charge in [0, 0.05) is 6.54 Å². The number of hydrogen-bond donors (Lipinski definition) is 2. The van der Waals surface area contributed by atoms with E-state index in [9.17, 15) is 9.59 Å². The molecule has 2 N–H and O–H groups in total. The van der Waals surface area contributed by atoms with E-state index in [-0.39, 0.29) is 5.82 Å². The van der Waals surface area contributed by atoms with E-state index in [4.69, 9.17) is 0 Å². The lowest BCUT2D eigenvalue weighted by atomic mass is 10.0. The van der Waals surface area contributed by atoms with Gasteiger partial charge in [0.15, 0.2) is 5.82 Å². The molecule has 0 fully saturated rings. The summed E-state index contributed by atoms with van der Waals surface area (Å²) < 4.78 is 0. The SMILES string of the molecule is CCCNC(=O)C(=O)c1nc2ccc(Cc3ccccc3)cc2[nH]1. The molecule has 0 spiro atoms. The van der Waals surface area contributed by atoms with Crippen molar-refractivity contribution in [2.75, 3.05) is 6.54 Å². The number of Topliss-reactive ketones (excluding diaryl/α,β-unsaturated/α-hetero) is 1. The molecule has 0 aliphatic heterocycles. The average Bonchev–Trinajstić information content (AvgIpc) is 3.03. The predicted molar refractivity (Wildman–Crippen MR) is 93.0 cm³/mol. The van der Waals surface area contributed by atoms with Gasteiger partial charge in [-0.05, 0) is 36.1 Å². The van der Waals surface area contributed by atoms with Gasteiger partial charge in [-0.15, -0.1) is 0 Å². The number of carbonyl (C=O) groups excluding carboxylic acids is 2. The summed E-state index contributed by atoms with van der Waals surface area (Å²) >= 11 is 0. The first-order chi connectivity index (χ1) is 11.7. The highest BCUT2D eigenvalue weighted by Crippen LogP contribution is 2.17. The van der Waals surface area contributed by atoms with Gasteiger partial charge < -0.3 is 10.3 Å². The number of fused-ring (bicyclic) bond motifs is 1. The fraction of sp³-hybridized carbons (Fsp3) is 0.211. The number of hydrogen-bond acceptors (Lipinski definition) is 3. The lowest BCUT2D eigenvalue weighted by molar-refractivity contribution is -0.117. The second-order valence-electron chi connectivity index (χ2n) is 5.68. The number of aromatic nitrogens is 2. The molecular weight excluding hydrogens is 302 g/mol. The topological polar surface area (TPSA) is 74.8 Å². The molecule has 1 amide bonds. The Bertz CT molecular complexity index is 869. The zero-order chi connectivity index (χ0) is 16.9. The third-order valence-electron chi connectivity index (χ3n) is 3.75. The molecule has 122 valence electrons. The van der Waals surface area contributed by atoms with Crippen molar-refractivity contribution in [3.63, 3.8) is 0 Å². The molecule has 24 heavy (non-hydrogen) atoms. The summed E-state index contributed by atoms with van der Waals surface area (Å²) in [4.78, 5) is 31.0. The molecule has 3 aromatic rings. The van der Waals surface area contributed by atoms with Gasteiger partial charge in [0.1, 0.15) is 0 Å². The van der Waals surface area contributed by atoms with E-state index in [1.54, 1.807) is 0 Å². The monoisotopic (exact) mass is 321 g/mol. The largest absolute Gasteiger partial charge is 0.349 e. The van der Waals surface area contributed by atoms with Crippen LogP contribution < -0.4 is 5.32 Å². The van der Waals surface area contributed by atoms with E-state index in [0.29, 0.717) is 12.1 Å². The fourth-order valence-electron chi connectivity index (χ4n) is 2.53. The van der Waals surface area contributed by atoms with Crippen molar-refractivity contribution >= 4 is 22.7 Å². The van der Waals surface area contributed by atoms with Crippen LogP contribution in [-0.4, -0.2) is 28.2 Å². The molecule has 1 aromatic heterocycles. The van der Waals surface area contributed by atoms with Crippen molar-refractivity contribution in [1.29, 1.82) is 0 Å². The molecular formula is C19H19N3O2. The van der Waals surface area contributed by atoms with E-state index < -0.39 is 11.7 Å². The van der Waals surface area contributed by atoms with Gasteiger partial charge in [0.2, 0.25) is 0 Å². The molecule has 0 aliphatic carbocycles. The minimum absolute atomic E-state index is 0.0791. The van der Waals surface area contributed by atoms with E-state index in [1.165, 1.54) is 5.56 Å². The fourth-order valence-corrected chi connectivity index (χ4v) is 2.53. The van der Waals surface area contributed by atoms with Gasteiger partial charge in [-0.3, -0.25) is 9.59 Å². The van der Waals surface area contributed by atoms with Crippen molar-refractivity contribution in [3.8, 4) is 0 Å². The Morgan fingerprint density at radius 1 is 1.08 bits per heavy atom. The zero-order valence-electron chi connectivity index (χ0n) is 13.5. The molecule has 0 radical (unpaired) electrons. The molecule has 0 saturated heterocycles. The Balaban J connectivity index is 1.81. The Morgan fingerprint density at radius 3 is 2.62 bits per heavy atom. The highest BCUT2D eigenvalue weighted by Gasteiger charge is 2.19. The van der Waals surface area contributed by atoms with Crippen LogP contribution in [0.1, 0.15) is 35.1 Å². The first kappa shape index (κ1) is 15.9. The lowest BCUT2D eigenvalue weighted by Gasteiger charge is -2.01. The summed E-state index contributed by atoms with van der Waals surface area (Å²) in [7, 11) is 0. The summed E-state index contributed by atoms with van der Waals surface area (Å²) in [5.41, 5.74) is 3.77. The van der Waals surface area contributed by atoms with Gasteiger partial charge >= 0.3 is 0 Å². The van der Waals surface area contributed by atoms with Crippen LogP contribution in [0.4, 0.5) is 0 Å². The smallest absolute Gasteiger partial charge is 0.295 e. The number of imidazole rings is 1. The van der Waals surface area contributed by atoms with Crippen molar-refractivity contribution in [2.45, 2.75) is 19.8 Å². The van der Waals surface area contributed by atoms with Gasteiger partial charge in [0.05, 0.1) is 11.0 Å². The van der Waals surface area contributed by atoms with Crippen LogP contribution in [0.5, 0.6) is 0 Å². The first-order valence-corrected chi connectivity index (χ1v) is 8.02. The number of ketones is 1. The number of amides is 1. The van der Waals surface area contributed by atoms with Gasteiger partial charge in [0.25, 0.3) is 11.7 Å². The summed E-state index contributed by atoms with van der Waals surface area (Å²) in [6, 6.07) is 16.0. The number of carbonyl (C=O) groups is 2. The Hall–Kier alpha value is -2.95. The Morgan fingerprint density at radius 2 is 1.88 bits per heavy atom. The van der Waals surface area contributed by atoms with E-state index in [0.717, 1.165) is 23.9 Å². The minimum atomic E-state index is -0.635. The minimum Gasteiger partial charge on any atom is -0.349 e. The van der Waals surface area contributed by atoms with Crippen LogP contribution in [0.15, 0.2) is 48.5 Å². The molecule has 5 heteroatoms.